The van der Waals surface area contributed by atoms with E-state index in [-0.39, 0.29) is 5.97 Å². The highest BCUT2D eigenvalue weighted by molar-refractivity contribution is 5.93. The molecule has 4 heteroatoms. The zero-order valence-electron chi connectivity index (χ0n) is 10.8. The summed E-state index contributed by atoms with van der Waals surface area (Å²) in [6, 6.07) is 5.47. The first-order valence-electron chi connectivity index (χ1n) is 6.38. The predicted octanol–water partition coefficient (Wildman–Crippen LogP) is 3.01. The number of fused-ring (bicyclic) bond motifs is 1. The van der Waals surface area contributed by atoms with Gasteiger partial charge in [-0.25, -0.2) is 9.78 Å². The molecule has 0 aliphatic heterocycles. The second kappa shape index (κ2) is 5.67. The van der Waals surface area contributed by atoms with Crippen molar-refractivity contribution in [3.05, 3.63) is 30.1 Å². The molecule has 96 valence electrons. The Bertz CT molecular complexity index is 546. The summed E-state index contributed by atoms with van der Waals surface area (Å²) in [5.74, 6) is -0.255. The number of hydrogen-bond donors (Lipinski definition) is 0. The molecule has 0 amide bonds. The van der Waals surface area contributed by atoms with Gasteiger partial charge < -0.3 is 9.30 Å². The molecule has 0 bridgehead atoms. The molecule has 0 radical (unpaired) electrons. The van der Waals surface area contributed by atoms with Gasteiger partial charge in [-0.15, -0.1) is 0 Å². The Morgan fingerprint density at radius 3 is 2.94 bits per heavy atom. The summed E-state index contributed by atoms with van der Waals surface area (Å²) in [6.45, 7) is 5.44. The number of unbranched alkanes of at least 4 members (excludes halogenated alkanes) is 1. The molecule has 18 heavy (non-hydrogen) atoms. The lowest BCUT2D eigenvalue weighted by Crippen LogP contribution is -2.06. The molecule has 0 N–H and O–H groups in total. The molecule has 0 fully saturated rings. The van der Waals surface area contributed by atoms with E-state index in [0.717, 1.165) is 30.4 Å². The first-order chi connectivity index (χ1) is 8.76. The van der Waals surface area contributed by atoms with E-state index in [0.29, 0.717) is 12.2 Å². The van der Waals surface area contributed by atoms with Gasteiger partial charge in [-0.3, -0.25) is 0 Å². The molecule has 4 nitrogen and oxygen atoms in total. The third-order valence-corrected chi connectivity index (χ3v) is 2.93. The lowest BCUT2D eigenvalue weighted by atomic mass is 10.2. The molecule has 0 atom stereocenters. The maximum absolute atomic E-state index is 11.8. The third-order valence-electron chi connectivity index (χ3n) is 2.93. The maximum Gasteiger partial charge on any atom is 0.338 e. The Labute approximate surface area is 107 Å². The Morgan fingerprint density at radius 1 is 1.39 bits per heavy atom. The van der Waals surface area contributed by atoms with Crippen LogP contribution >= 0.6 is 0 Å². The minimum absolute atomic E-state index is 0.255. The van der Waals surface area contributed by atoms with Crippen LogP contribution in [0.5, 0.6) is 0 Å². The van der Waals surface area contributed by atoms with Crippen molar-refractivity contribution in [2.75, 3.05) is 6.61 Å². The minimum atomic E-state index is -0.255. The Balaban J connectivity index is 2.20. The van der Waals surface area contributed by atoms with Crippen LogP contribution in [0, 0.1) is 0 Å². The lowest BCUT2D eigenvalue weighted by Gasteiger charge is -2.05. The average Bonchev–Trinajstić information content (AvgIpc) is 2.80. The smallest absolute Gasteiger partial charge is 0.338 e. The van der Waals surface area contributed by atoms with Crippen LogP contribution in [-0.4, -0.2) is 22.1 Å². The highest BCUT2D eigenvalue weighted by Crippen LogP contribution is 2.15. The number of imidazole rings is 1. The third kappa shape index (κ3) is 2.53. The summed E-state index contributed by atoms with van der Waals surface area (Å²) in [4.78, 5) is 16.1. The summed E-state index contributed by atoms with van der Waals surface area (Å²) >= 11 is 0. The van der Waals surface area contributed by atoms with E-state index in [9.17, 15) is 4.79 Å². The number of aryl methyl sites for hydroxylation is 1. The normalized spacial score (nSPS) is 10.8. The fourth-order valence-corrected chi connectivity index (χ4v) is 1.83. The SMILES string of the molecule is CCCCOC(=O)c1ccc2ncn(CC)c2c1. The monoisotopic (exact) mass is 246 g/mol. The van der Waals surface area contributed by atoms with Gasteiger partial charge in [-0.2, -0.15) is 0 Å². The minimum Gasteiger partial charge on any atom is -0.462 e. The largest absolute Gasteiger partial charge is 0.462 e. The van der Waals surface area contributed by atoms with E-state index >= 15 is 0 Å². The number of carbonyl (C=O) groups is 1. The fraction of sp³-hybridized carbons (Fsp3) is 0.429. The molecular weight excluding hydrogens is 228 g/mol. The van der Waals surface area contributed by atoms with E-state index in [1.165, 1.54) is 0 Å². The van der Waals surface area contributed by atoms with E-state index in [4.69, 9.17) is 4.74 Å². The molecule has 0 spiro atoms. The van der Waals surface area contributed by atoms with Crippen molar-refractivity contribution in [1.82, 2.24) is 9.55 Å². The summed E-state index contributed by atoms with van der Waals surface area (Å²) in [7, 11) is 0. The average molecular weight is 246 g/mol. The van der Waals surface area contributed by atoms with Crippen molar-refractivity contribution >= 4 is 17.0 Å². The second-order valence-corrected chi connectivity index (χ2v) is 4.22. The maximum atomic E-state index is 11.8. The topological polar surface area (TPSA) is 44.1 Å². The second-order valence-electron chi connectivity index (χ2n) is 4.22. The molecule has 0 saturated heterocycles. The van der Waals surface area contributed by atoms with Gasteiger partial charge in [0, 0.05) is 6.54 Å². The first-order valence-corrected chi connectivity index (χ1v) is 6.38. The van der Waals surface area contributed by atoms with E-state index in [1.807, 2.05) is 23.6 Å². The molecule has 2 aromatic rings. The molecule has 2 rings (SSSR count). The van der Waals surface area contributed by atoms with Crippen molar-refractivity contribution in [2.24, 2.45) is 0 Å². The zero-order valence-corrected chi connectivity index (χ0v) is 10.8. The van der Waals surface area contributed by atoms with Gasteiger partial charge in [0.15, 0.2) is 0 Å². The number of ether oxygens (including phenoxy) is 1. The molecule has 0 aliphatic carbocycles. The van der Waals surface area contributed by atoms with Crippen LogP contribution in [-0.2, 0) is 11.3 Å². The summed E-state index contributed by atoms with van der Waals surface area (Å²) in [6.07, 6.45) is 3.71. The highest BCUT2D eigenvalue weighted by atomic mass is 16.5. The van der Waals surface area contributed by atoms with E-state index in [1.54, 1.807) is 12.4 Å². The van der Waals surface area contributed by atoms with Gasteiger partial charge in [0.2, 0.25) is 0 Å². The number of aromatic nitrogens is 2. The Hall–Kier alpha value is -1.84. The van der Waals surface area contributed by atoms with Crippen molar-refractivity contribution in [1.29, 1.82) is 0 Å². The van der Waals surface area contributed by atoms with Gasteiger partial charge in [0.1, 0.15) is 0 Å². The molecule has 0 saturated carbocycles. The van der Waals surface area contributed by atoms with Crippen molar-refractivity contribution < 1.29 is 9.53 Å². The van der Waals surface area contributed by atoms with Gasteiger partial charge in [-0.1, -0.05) is 13.3 Å². The lowest BCUT2D eigenvalue weighted by molar-refractivity contribution is 0.0500. The number of rotatable bonds is 5. The van der Waals surface area contributed by atoms with Gasteiger partial charge in [-0.05, 0) is 31.5 Å². The van der Waals surface area contributed by atoms with Crippen molar-refractivity contribution in [3.63, 3.8) is 0 Å². The first kappa shape index (κ1) is 12.6. The zero-order chi connectivity index (χ0) is 13.0. The van der Waals surface area contributed by atoms with E-state index in [2.05, 4.69) is 11.9 Å². The number of hydrogen-bond acceptors (Lipinski definition) is 3. The molecule has 0 unspecified atom stereocenters. The number of esters is 1. The number of benzene rings is 1. The van der Waals surface area contributed by atoms with Crippen LogP contribution in [0.2, 0.25) is 0 Å². The Kier molecular flexibility index (Phi) is 3.97. The van der Waals surface area contributed by atoms with Gasteiger partial charge >= 0.3 is 5.97 Å². The molecule has 1 aromatic carbocycles. The summed E-state index contributed by atoms with van der Waals surface area (Å²) in [5, 5.41) is 0. The van der Waals surface area contributed by atoms with E-state index < -0.39 is 0 Å². The Morgan fingerprint density at radius 2 is 2.22 bits per heavy atom. The van der Waals surface area contributed by atoms with Crippen LogP contribution in [0.15, 0.2) is 24.5 Å². The highest BCUT2D eigenvalue weighted by Gasteiger charge is 2.09. The number of carbonyl (C=O) groups excluding carboxylic acids is 1. The van der Waals surface area contributed by atoms with Crippen LogP contribution in [0.4, 0.5) is 0 Å². The standard InChI is InChI=1S/C14H18N2O2/c1-3-5-8-18-14(17)11-6-7-12-13(9-11)16(4-2)10-15-12/h6-7,9-10H,3-5,8H2,1-2H3. The molecule has 0 aliphatic rings. The molecule has 1 aromatic heterocycles. The van der Waals surface area contributed by atoms with Crippen LogP contribution in [0.1, 0.15) is 37.0 Å². The van der Waals surface area contributed by atoms with Crippen LogP contribution in [0.3, 0.4) is 0 Å². The quantitative estimate of drug-likeness (QED) is 0.601. The number of nitrogens with zero attached hydrogens (tertiary/aromatic N) is 2. The molecule has 1 heterocycles. The molecular formula is C14H18N2O2. The summed E-state index contributed by atoms with van der Waals surface area (Å²) in [5.41, 5.74) is 2.47. The van der Waals surface area contributed by atoms with Crippen LogP contribution < -0.4 is 0 Å². The summed E-state index contributed by atoms with van der Waals surface area (Å²) < 4.78 is 7.21. The predicted molar refractivity (Wildman–Crippen MR) is 70.6 cm³/mol. The van der Waals surface area contributed by atoms with Crippen molar-refractivity contribution in [3.8, 4) is 0 Å². The van der Waals surface area contributed by atoms with Gasteiger partial charge in [0.25, 0.3) is 0 Å². The van der Waals surface area contributed by atoms with Gasteiger partial charge in [0.05, 0.1) is 29.5 Å². The van der Waals surface area contributed by atoms with Crippen LogP contribution in [0.25, 0.3) is 11.0 Å². The van der Waals surface area contributed by atoms with Crippen molar-refractivity contribution in [2.45, 2.75) is 33.2 Å². The fourth-order valence-electron chi connectivity index (χ4n) is 1.83.